The first kappa shape index (κ1) is 13.3. The summed E-state index contributed by atoms with van der Waals surface area (Å²) in [6, 6.07) is 8.75. The van der Waals surface area contributed by atoms with Gasteiger partial charge in [-0.2, -0.15) is 0 Å². The van der Waals surface area contributed by atoms with E-state index < -0.39 is 12.0 Å². The van der Waals surface area contributed by atoms with Gasteiger partial charge < -0.3 is 10.4 Å². The van der Waals surface area contributed by atoms with Crippen LogP contribution in [0, 0.1) is 5.92 Å². The van der Waals surface area contributed by atoms with Crippen LogP contribution in [0.2, 0.25) is 0 Å². The van der Waals surface area contributed by atoms with Gasteiger partial charge in [-0.05, 0) is 18.4 Å². The highest BCUT2D eigenvalue weighted by Crippen LogP contribution is 2.21. The standard InChI is InChI=1S/C15H17NO3/c17-14(18)10-13(11-6-2-1-3-7-11)16-15(19)12-8-4-5-9-12/h1-7,12-13H,8-10H2,(H,16,19)(H,17,18). The summed E-state index contributed by atoms with van der Waals surface area (Å²) in [5.41, 5.74) is 0.823. The lowest BCUT2D eigenvalue weighted by Gasteiger charge is -2.19. The maximum atomic E-state index is 12.1. The molecule has 0 spiro atoms. The number of carbonyl (C=O) groups is 2. The Hall–Kier alpha value is -2.10. The van der Waals surface area contributed by atoms with Crippen LogP contribution in [0.3, 0.4) is 0 Å². The monoisotopic (exact) mass is 259 g/mol. The second kappa shape index (κ2) is 6.18. The highest BCUT2D eigenvalue weighted by molar-refractivity contribution is 5.80. The molecular weight excluding hydrogens is 242 g/mol. The van der Waals surface area contributed by atoms with Gasteiger partial charge in [-0.3, -0.25) is 9.59 Å². The Morgan fingerprint density at radius 1 is 1.21 bits per heavy atom. The van der Waals surface area contributed by atoms with E-state index in [1.165, 1.54) is 0 Å². The molecule has 4 nitrogen and oxygen atoms in total. The Bertz CT molecular complexity index is 473. The average Bonchev–Trinajstić information content (AvgIpc) is 2.92. The van der Waals surface area contributed by atoms with Crippen LogP contribution in [0.1, 0.15) is 30.9 Å². The van der Waals surface area contributed by atoms with Crippen molar-refractivity contribution in [2.45, 2.75) is 25.3 Å². The Morgan fingerprint density at radius 2 is 1.84 bits per heavy atom. The van der Waals surface area contributed by atoms with Gasteiger partial charge in [-0.1, -0.05) is 42.5 Å². The van der Waals surface area contributed by atoms with Gasteiger partial charge in [0.05, 0.1) is 12.5 Å². The number of benzene rings is 1. The summed E-state index contributed by atoms with van der Waals surface area (Å²) in [5.74, 6) is -1.04. The Morgan fingerprint density at radius 3 is 2.42 bits per heavy atom. The third kappa shape index (κ3) is 3.68. The third-order valence-electron chi connectivity index (χ3n) is 3.28. The molecule has 0 radical (unpaired) electrons. The molecule has 1 amide bonds. The molecule has 1 aliphatic carbocycles. The van der Waals surface area contributed by atoms with E-state index in [1.807, 2.05) is 42.5 Å². The smallest absolute Gasteiger partial charge is 0.305 e. The predicted octanol–water partition coefficient (Wildman–Crippen LogP) is 2.28. The Balaban J connectivity index is 2.05. The lowest BCUT2D eigenvalue weighted by atomic mass is 10.0. The Kier molecular flexibility index (Phi) is 4.34. The molecule has 0 aromatic heterocycles. The van der Waals surface area contributed by atoms with Gasteiger partial charge in [0.25, 0.3) is 0 Å². The zero-order valence-corrected chi connectivity index (χ0v) is 10.6. The summed E-state index contributed by atoms with van der Waals surface area (Å²) in [6.07, 6.45) is 5.34. The maximum Gasteiger partial charge on any atom is 0.305 e. The van der Waals surface area contributed by atoms with Crippen LogP contribution >= 0.6 is 0 Å². The summed E-state index contributed by atoms with van der Waals surface area (Å²) < 4.78 is 0. The van der Waals surface area contributed by atoms with Gasteiger partial charge in [-0.25, -0.2) is 0 Å². The fraction of sp³-hybridized carbons (Fsp3) is 0.333. The van der Waals surface area contributed by atoms with E-state index in [1.54, 1.807) is 0 Å². The van der Waals surface area contributed by atoms with Crippen molar-refractivity contribution in [2.24, 2.45) is 5.92 Å². The van der Waals surface area contributed by atoms with E-state index in [4.69, 9.17) is 5.11 Å². The van der Waals surface area contributed by atoms with Gasteiger partial charge in [0.2, 0.25) is 5.91 Å². The second-order valence-electron chi connectivity index (χ2n) is 4.71. The molecule has 1 atom stereocenters. The number of carbonyl (C=O) groups excluding carboxylic acids is 1. The van der Waals surface area contributed by atoms with Crippen molar-refractivity contribution >= 4 is 11.9 Å². The minimum Gasteiger partial charge on any atom is -0.481 e. The number of hydrogen-bond donors (Lipinski definition) is 2. The molecule has 19 heavy (non-hydrogen) atoms. The topological polar surface area (TPSA) is 66.4 Å². The molecule has 0 aliphatic heterocycles. The number of carboxylic acids is 1. The minimum absolute atomic E-state index is 0.0555. The van der Waals surface area contributed by atoms with Crippen molar-refractivity contribution in [2.75, 3.05) is 0 Å². The molecule has 1 unspecified atom stereocenters. The molecule has 0 saturated heterocycles. The van der Waals surface area contributed by atoms with Crippen LogP contribution in [-0.2, 0) is 9.59 Å². The maximum absolute atomic E-state index is 12.1. The van der Waals surface area contributed by atoms with Crippen molar-refractivity contribution in [1.82, 2.24) is 5.32 Å². The number of hydrogen-bond acceptors (Lipinski definition) is 2. The van der Waals surface area contributed by atoms with Crippen molar-refractivity contribution in [3.8, 4) is 0 Å². The molecule has 4 heteroatoms. The van der Waals surface area contributed by atoms with Gasteiger partial charge in [-0.15, -0.1) is 0 Å². The van der Waals surface area contributed by atoms with Crippen molar-refractivity contribution < 1.29 is 14.7 Å². The van der Waals surface area contributed by atoms with Crippen molar-refractivity contribution in [1.29, 1.82) is 0 Å². The number of amides is 1. The van der Waals surface area contributed by atoms with Gasteiger partial charge in [0.15, 0.2) is 0 Å². The first-order valence-corrected chi connectivity index (χ1v) is 6.39. The third-order valence-corrected chi connectivity index (χ3v) is 3.28. The lowest BCUT2D eigenvalue weighted by molar-refractivity contribution is -0.137. The van der Waals surface area contributed by atoms with E-state index in [0.29, 0.717) is 0 Å². The van der Waals surface area contributed by atoms with Crippen LogP contribution < -0.4 is 5.32 Å². The number of carboxylic acid groups (broad SMARTS) is 1. The highest BCUT2D eigenvalue weighted by Gasteiger charge is 2.24. The van der Waals surface area contributed by atoms with Crippen LogP contribution in [0.4, 0.5) is 0 Å². The van der Waals surface area contributed by atoms with Crippen molar-refractivity contribution in [3.05, 3.63) is 48.0 Å². The molecule has 2 N–H and O–H groups in total. The number of allylic oxidation sites excluding steroid dienone is 2. The fourth-order valence-electron chi connectivity index (χ4n) is 2.23. The normalized spacial score (nSPS) is 16.2. The zero-order chi connectivity index (χ0) is 13.7. The molecule has 1 aromatic rings. The second-order valence-corrected chi connectivity index (χ2v) is 4.71. The van der Waals surface area contributed by atoms with E-state index in [9.17, 15) is 9.59 Å². The molecule has 1 aliphatic rings. The Labute approximate surface area is 112 Å². The molecule has 0 bridgehead atoms. The first-order chi connectivity index (χ1) is 9.16. The summed E-state index contributed by atoms with van der Waals surface area (Å²) in [7, 11) is 0. The number of rotatable bonds is 5. The van der Waals surface area contributed by atoms with E-state index in [0.717, 1.165) is 18.4 Å². The van der Waals surface area contributed by atoms with Gasteiger partial charge in [0.1, 0.15) is 0 Å². The van der Waals surface area contributed by atoms with E-state index in [2.05, 4.69) is 5.32 Å². The average molecular weight is 259 g/mol. The molecular formula is C15H17NO3. The van der Waals surface area contributed by atoms with Gasteiger partial charge in [0, 0.05) is 5.92 Å². The molecule has 0 heterocycles. The molecule has 100 valence electrons. The van der Waals surface area contributed by atoms with E-state index in [-0.39, 0.29) is 18.2 Å². The van der Waals surface area contributed by atoms with E-state index >= 15 is 0 Å². The quantitative estimate of drug-likeness (QED) is 0.797. The van der Waals surface area contributed by atoms with Crippen LogP contribution in [0.15, 0.2) is 42.5 Å². The summed E-state index contributed by atoms with van der Waals surface area (Å²) in [4.78, 5) is 23.0. The summed E-state index contributed by atoms with van der Waals surface area (Å²) in [5, 5.41) is 11.8. The zero-order valence-electron chi connectivity index (χ0n) is 10.6. The fourth-order valence-corrected chi connectivity index (χ4v) is 2.23. The van der Waals surface area contributed by atoms with Crippen LogP contribution in [-0.4, -0.2) is 17.0 Å². The van der Waals surface area contributed by atoms with Crippen LogP contribution in [0.5, 0.6) is 0 Å². The largest absolute Gasteiger partial charge is 0.481 e. The minimum atomic E-state index is -0.918. The highest BCUT2D eigenvalue weighted by atomic mass is 16.4. The first-order valence-electron chi connectivity index (χ1n) is 6.39. The molecule has 0 fully saturated rings. The van der Waals surface area contributed by atoms with Gasteiger partial charge >= 0.3 is 5.97 Å². The molecule has 1 aromatic carbocycles. The SMILES string of the molecule is O=C(O)CC(NC(=O)C1CC=CC1)c1ccccc1. The number of nitrogens with one attached hydrogen (secondary N) is 1. The summed E-state index contributed by atoms with van der Waals surface area (Å²) >= 11 is 0. The number of aliphatic carboxylic acids is 1. The predicted molar refractivity (Wildman–Crippen MR) is 71.4 cm³/mol. The molecule has 0 saturated carbocycles. The lowest BCUT2D eigenvalue weighted by Crippen LogP contribution is -2.34. The van der Waals surface area contributed by atoms with Crippen LogP contribution in [0.25, 0.3) is 0 Å². The summed E-state index contributed by atoms with van der Waals surface area (Å²) in [6.45, 7) is 0. The molecule has 2 rings (SSSR count). The van der Waals surface area contributed by atoms with Crippen molar-refractivity contribution in [3.63, 3.8) is 0 Å².